The van der Waals surface area contributed by atoms with E-state index in [0.717, 1.165) is 25.0 Å². The fourth-order valence-electron chi connectivity index (χ4n) is 1.65. The van der Waals surface area contributed by atoms with Crippen molar-refractivity contribution < 1.29 is 9.47 Å². The second kappa shape index (κ2) is 4.49. The van der Waals surface area contributed by atoms with E-state index in [9.17, 15) is 0 Å². The van der Waals surface area contributed by atoms with Crippen LogP contribution in [0.3, 0.4) is 0 Å². The molecule has 15 heavy (non-hydrogen) atoms. The average molecular weight is 208 g/mol. The Morgan fingerprint density at radius 3 is 3.20 bits per heavy atom. The summed E-state index contributed by atoms with van der Waals surface area (Å²) in [5, 5.41) is 0. The number of nitrogen functional groups attached to an aromatic ring is 1. The maximum absolute atomic E-state index is 5.78. The normalized spacial score (nSPS) is 20.5. The Labute approximate surface area is 89.4 Å². The number of nitrogens with two attached hydrogens (primary N) is 1. The molecule has 1 unspecified atom stereocenters. The van der Waals surface area contributed by atoms with Gasteiger partial charge in [-0.15, -0.1) is 0 Å². The number of pyridine rings is 1. The fraction of sp³-hybridized carbons (Fsp3) is 0.545. The third kappa shape index (κ3) is 2.59. The molecule has 1 aromatic rings. The van der Waals surface area contributed by atoms with Crippen LogP contribution in [0.25, 0.3) is 0 Å². The highest BCUT2D eigenvalue weighted by Gasteiger charge is 2.16. The van der Waals surface area contributed by atoms with Crippen LogP contribution >= 0.6 is 0 Å². The highest BCUT2D eigenvalue weighted by molar-refractivity contribution is 5.49. The minimum absolute atomic E-state index is 0.201. The zero-order valence-electron chi connectivity index (χ0n) is 8.90. The lowest BCUT2D eigenvalue weighted by molar-refractivity contribution is 0.0666. The van der Waals surface area contributed by atoms with Gasteiger partial charge < -0.3 is 15.2 Å². The molecule has 1 aliphatic heterocycles. The molecule has 4 nitrogen and oxygen atoms in total. The summed E-state index contributed by atoms with van der Waals surface area (Å²) in [4.78, 5) is 4.14. The Balaban J connectivity index is 1.92. The number of aryl methyl sites for hydroxylation is 1. The summed E-state index contributed by atoms with van der Waals surface area (Å²) in [6.45, 7) is 3.33. The van der Waals surface area contributed by atoms with Crippen molar-refractivity contribution in [1.29, 1.82) is 0 Å². The van der Waals surface area contributed by atoms with Crippen LogP contribution in [0, 0.1) is 6.92 Å². The molecule has 1 aromatic heterocycles. The van der Waals surface area contributed by atoms with Gasteiger partial charge in [-0.2, -0.15) is 0 Å². The van der Waals surface area contributed by atoms with E-state index in [2.05, 4.69) is 4.98 Å². The van der Waals surface area contributed by atoms with E-state index < -0.39 is 0 Å². The van der Waals surface area contributed by atoms with Gasteiger partial charge in [-0.3, -0.25) is 0 Å². The second-order valence-electron chi connectivity index (χ2n) is 3.85. The maximum atomic E-state index is 5.78. The van der Waals surface area contributed by atoms with Gasteiger partial charge in [0.1, 0.15) is 6.61 Å². The molecule has 0 aliphatic carbocycles. The first-order valence-corrected chi connectivity index (χ1v) is 5.22. The topological polar surface area (TPSA) is 57.4 Å². The maximum Gasteiger partial charge on any atom is 0.237 e. The number of nitrogens with zero attached hydrogens (tertiary/aromatic N) is 1. The third-order valence-electron chi connectivity index (χ3n) is 2.45. The van der Waals surface area contributed by atoms with Crippen LogP contribution in [0.4, 0.5) is 5.69 Å². The Hall–Kier alpha value is -1.29. The molecule has 2 N–H and O–H groups in total. The van der Waals surface area contributed by atoms with Crippen molar-refractivity contribution in [1.82, 2.24) is 4.98 Å². The average Bonchev–Trinajstić information content (AvgIpc) is 2.69. The molecule has 82 valence electrons. The van der Waals surface area contributed by atoms with E-state index in [1.165, 1.54) is 0 Å². The van der Waals surface area contributed by atoms with E-state index >= 15 is 0 Å². The number of ether oxygens (including phenoxy) is 2. The van der Waals surface area contributed by atoms with Crippen LogP contribution in [0.5, 0.6) is 5.88 Å². The van der Waals surface area contributed by atoms with Gasteiger partial charge in [0.05, 0.1) is 11.8 Å². The van der Waals surface area contributed by atoms with Crippen molar-refractivity contribution in [3.8, 4) is 5.88 Å². The number of anilines is 1. The van der Waals surface area contributed by atoms with E-state index in [0.29, 0.717) is 18.2 Å². The molecule has 1 atom stereocenters. The monoisotopic (exact) mass is 208 g/mol. The zero-order valence-corrected chi connectivity index (χ0v) is 8.90. The summed E-state index contributed by atoms with van der Waals surface area (Å²) in [5.41, 5.74) is 7.41. The number of aromatic nitrogens is 1. The van der Waals surface area contributed by atoms with Crippen LogP contribution in [0.2, 0.25) is 0 Å². The fourth-order valence-corrected chi connectivity index (χ4v) is 1.65. The number of rotatable bonds is 3. The van der Waals surface area contributed by atoms with Gasteiger partial charge in [0.25, 0.3) is 0 Å². The van der Waals surface area contributed by atoms with Crippen LogP contribution in [0.1, 0.15) is 18.4 Å². The molecule has 0 spiro atoms. The molecule has 1 aliphatic rings. The summed E-state index contributed by atoms with van der Waals surface area (Å²) in [7, 11) is 0. The molecule has 4 heteroatoms. The van der Waals surface area contributed by atoms with Gasteiger partial charge in [-0.05, 0) is 31.4 Å². The zero-order chi connectivity index (χ0) is 10.7. The van der Waals surface area contributed by atoms with Crippen LogP contribution in [0.15, 0.2) is 12.3 Å². The summed E-state index contributed by atoms with van der Waals surface area (Å²) >= 11 is 0. The Morgan fingerprint density at radius 1 is 1.67 bits per heavy atom. The molecule has 1 fully saturated rings. The summed E-state index contributed by atoms with van der Waals surface area (Å²) in [6.07, 6.45) is 4.13. The molecule has 2 heterocycles. The minimum Gasteiger partial charge on any atom is -0.473 e. The molecule has 0 amide bonds. The number of hydrogen-bond donors (Lipinski definition) is 1. The van der Waals surface area contributed by atoms with E-state index in [1.807, 2.05) is 13.0 Å². The van der Waals surface area contributed by atoms with Gasteiger partial charge in [0.15, 0.2) is 0 Å². The highest BCUT2D eigenvalue weighted by atomic mass is 16.5. The van der Waals surface area contributed by atoms with Crippen molar-refractivity contribution >= 4 is 5.69 Å². The van der Waals surface area contributed by atoms with Gasteiger partial charge in [-0.1, -0.05) is 0 Å². The second-order valence-corrected chi connectivity index (χ2v) is 3.85. The molecular formula is C11H16N2O2. The molecular weight excluding hydrogens is 192 g/mol. The van der Waals surface area contributed by atoms with E-state index in [1.54, 1.807) is 6.20 Å². The van der Waals surface area contributed by atoms with Crippen molar-refractivity contribution in [2.75, 3.05) is 18.9 Å². The SMILES string of the molecule is Cc1cnc(OCC2CCCO2)c(N)c1. The molecule has 0 bridgehead atoms. The summed E-state index contributed by atoms with van der Waals surface area (Å²) in [6, 6.07) is 1.86. The van der Waals surface area contributed by atoms with Crippen LogP contribution in [-0.4, -0.2) is 24.3 Å². The molecule has 0 radical (unpaired) electrons. The predicted octanol–water partition coefficient (Wildman–Crippen LogP) is 1.53. The van der Waals surface area contributed by atoms with Crippen molar-refractivity contribution in [3.63, 3.8) is 0 Å². The highest BCUT2D eigenvalue weighted by Crippen LogP contribution is 2.20. The standard InChI is InChI=1S/C11H16N2O2/c1-8-5-10(12)11(13-6-8)15-7-9-3-2-4-14-9/h5-6,9H,2-4,7,12H2,1H3. The van der Waals surface area contributed by atoms with Crippen molar-refractivity contribution in [3.05, 3.63) is 17.8 Å². The lowest BCUT2D eigenvalue weighted by Gasteiger charge is -2.12. The van der Waals surface area contributed by atoms with Gasteiger partial charge >= 0.3 is 0 Å². The van der Waals surface area contributed by atoms with Crippen LogP contribution < -0.4 is 10.5 Å². The molecule has 0 aromatic carbocycles. The van der Waals surface area contributed by atoms with Crippen molar-refractivity contribution in [2.45, 2.75) is 25.9 Å². The molecule has 0 saturated carbocycles. The third-order valence-corrected chi connectivity index (χ3v) is 2.45. The lowest BCUT2D eigenvalue weighted by Crippen LogP contribution is -2.17. The minimum atomic E-state index is 0.201. The summed E-state index contributed by atoms with van der Waals surface area (Å²) in [5.74, 6) is 0.510. The van der Waals surface area contributed by atoms with Crippen LogP contribution in [-0.2, 0) is 4.74 Å². The van der Waals surface area contributed by atoms with Gasteiger partial charge in [0.2, 0.25) is 5.88 Å². The first-order chi connectivity index (χ1) is 7.25. The Kier molecular flexibility index (Phi) is 3.06. The molecule has 1 saturated heterocycles. The first-order valence-electron chi connectivity index (χ1n) is 5.22. The quantitative estimate of drug-likeness (QED) is 0.818. The largest absolute Gasteiger partial charge is 0.473 e. The Bertz CT molecular complexity index is 335. The van der Waals surface area contributed by atoms with E-state index in [-0.39, 0.29) is 6.10 Å². The molecule has 2 rings (SSSR count). The lowest BCUT2D eigenvalue weighted by atomic mass is 10.2. The smallest absolute Gasteiger partial charge is 0.237 e. The van der Waals surface area contributed by atoms with Gasteiger partial charge in [0, 0.05) is 12.8 Å². The first kappa shape index (κ1) is 10.2. The van der Waals surface area contributed by atoms with Gasteiger partial charge in [-0.25, -0.2) is 4.98 Å². The number of hydrogen-bond acceptors (Lipinski definition) is 4. The van der Waals surface area contributed by atoms with Crippen molar-refractivity contribution in [2.24, 2.45) is 0 Å². The van der Waals surface area contributed by atoms with E-state index in [4.69, 9.17) is 15.2 Å². The predicted molar refractivity (Wildman–Crippen MR) is 57.9 cm³/mol. The Morgan fingerprint density at radius 2 is 2.53 bits per heavy atom. The summed E-state index contributed by atoms with van der Waals surface area (Å²) < 4.78 is 11.0.